The molecule has 0 unspecified atom stereocenters. The van der Waals surface area contributed by atoms with E-state index < -0.39 is 5.97 Å². The molecule has 110 valence electrons. The summed E-state index contributed by atoms with van der Waals surface area (Å²) in [6, 6.07) is 7.71. The van der Waals surface area contributed by atoms with Crippen LogP contribution in [0.25, 0.3) is 6.08 Å². The van der Waals surface area contributed by atoms with Gasteiger partial charge in [-0.2, -0.15) is 0 Å². The number of hydrogen-bond donors (Lipinski definition) is 1. The lowest BCUT2D eigenvalue weighted by Gasteiger charge is -2.24. The summed E-state index contributed by atoms with van der Waals surface area (Å²) in [6.45, 7) is 2.85. The molecule has 0 spiro atoms. The minimum Gasteiger partial charge on any atom is -0.478 e. The lowest BCUT2D eigenvalue weighted by molar-refractivity contribution is -0.131. The first-order chi connectivity index (χ1) is 9.67. The molecule has 5 nitrogen and oxygen atoms in total. The van der Waals surface area contributed by atoms with Crippen molar-refractivity contribution in [3.63, 3.8) is 0 Å². The van der Waals surface area contributed by atoms with Gasteiger partial charge < -0.3 is 19.5 Å². The third-order valence-electron chi connectivity index (χ3n) is 2.81. The summed E-state index contributed by atoms with van der Waals surface area (Å²) in [5, 5.41) is 8.59. The van der Waals surface area contributed by atoms with Gasteiger partial charge in [-0.05, 0) is 23.8 Å². The molecule has 0 bridgehead atoms. The SMILES string of the molecule is COCCN(CCOC)c1ccc(C=CC(=O)O)cc1. The van der Waals surface area contributed by atoms with Crippen LogP contribution in [0.4, 0.5) is 5.69 Å². The van der Waals surface area contributed by atoms with Gasteiger partial charge in [-0.1, -0.05) is 12.1 Å². The zero-order valence-electron chi connectivity index (χ0n) is 11.9. The predicted octanol–water partition coefficient (Wildman–Crippen LogP) is 1.88. The van der Waals surface area contributed by atoms with E-state index in [1.807, 2.05) is 24.3 Å². The number of aliphatic carboxylic acids is 1. The predicted molar refractivity (Wildman–Crippen MR) is 79.1 cm³/mol. The summed E-state index contributed by atoms with van der Waals surface area (Å²) in [7, 11) is 3.35. The highest BCUT2D eigenvalue weighted by Crippen LogP contribution is 2.16. The van der Waals surface area contributed by atoms with E-state index in [1.165, 1.54) is 0 Å². The second-order valence-electron chi connectivity index (χ2n) is 4.24. The van der Waals surface area contributed by atoms with E-state index in [0.29, 0.717) is 13.2 Å². The molecular formula is C15H21NO4. The maximum absolute atomic E-state index is 10.5. The lowest BCUT2D eigenvalue weighted by Crippen LogP contribution is -2.30. The molecule has 1 aromatic rings. The van der Waals surface area contributed by atoms with Gasteiger partial charge in [0.25, 0.3) is 0 Å². The Morgan fingerprint density at radius 3 is 2.15 bits per heavy atom. The third kappa shape index (κ3) is 5.86. The van der Waals surface area contributed by atoms with E-state index in [4.69, 9.17) is 14.6 Å². The first-order valence-electron chi connectivity index (χ1n) is 6.41. The molecule has 0 saturated heterocycles. The van der Waals surface area contributed by atoms with Crippen molar-refractivity contribution in [1.82, 2.24) is 0 Å². The molecule has 1 aromatic carbocycles. The van der Waals surface area contributed by atoms with Crippen LogP contribution in [0.5, 0.6) is 0 Å². The molecule has 0 radical (unpaired) electrons. The van der Waals surface area contributed by atoms with Crippen LogP contribution in [0.3, 0.4) is 0 Å². The van der Waals surface area contributed by atoms with Crippen molar-refractivity contribution >= 4 is 17.7 Å². The number of ether oxygens (including phenoxy) is 2. The van der Waals surface area contributed by atoms with Crippen molar-refractivity contribution in [3.05, 3.63) is 35.9 Å². The molecule has 0 aliphatic heterocycles. The summed E-state index contributed by atoms with van der Waals surface area (Å²) >= 11 is 0. The van der Waals surface area contributed by atoms with Gasteiger partial charge in [0.2, 0.25) is 0 Å². The molecule has 1 rings (SSSR count). The Hall–Kier alpha value is -1.85. The Morgan fingerprint density at radius 2 is 1.70 bits per heavy atom. The molecule has 0 atom stereocenters. The summed E-state index contributed by atoms with van der Waals surface area (Å²) in [5.41, 5.74) is 1.92. The number of carboxylic acids is 1. The minimum absolute atomic E-state index is 0.643. The van der Waals surface area contributed by atoms with Crippen LogP contribution in [-0.2, 0) is 14.3 Å². The van der Waals surface area contributed by atoms with Crippen molar-refractivity contribution in [3.8, 4) is 0 Å². The molecule has 0 aromatic heterocycles. The number of benzene rings is 1. The average Bonchev–Trinajstić information content (AvgIpc) is 2.46. The second kappa shape index (κ2) is 9.12. The van der Waals surface area contributed by atoms with Crippen molar-refractivity contribution in [2.45, 2.75) is 0 Å². The van der Waals surface area contributed by atoms with Crippen molar-refractivity contribution in [2.75, 3.05) is 45.4 Å². The molecule has 5 heteroatoms. The Balaban J connectivity index is 2.72. The maximum Gasteiger partial charge on any atom is 0.328 e. The van der Waals surface area contributed by atoms with Crippen LogP contribution in [0, 0.1) is 0 Å². The van der Waals surface area contributed by atoms with Gasteiger partial charge in [-0.25, -0.2) is 4.79 Å². The second-order valence-corrected chi connectivity index (χ2v) is 4.24. The fraction of sp³-hybridized carbons (Fsp3) is 0.400. The lowest BCUT2D eigenvalue weighted by atomic mass is 10.2. The topological polar surface area (TPSA) is 59.0 Å². The highest BCUT2D eigenvalue weighted by atomic mass is 16.5. The van der Waals surface area contributed by atoms with Crippen LogP contribution < -0.4 is 4.90 Å². The van der Waals surface area contributed by atoms with Gasteiger partial charge in [-0.15, -0.1) is 0 Å². The Morgan fingerprint density at radius 1 is 1.15 bits per heavy atom. The van der Waals surface area contributed by atoms with E-state index >= 15 is 0 Å². The maximum atomic E-state index is 10.5. The van der Waals surface area contributed by atoms with Gasteiger partial charge in [-0.3, -0.25) is 0 Å². The standard InChI is InChI=1S/C15H21NO4/c1-19-11-9-16(10-12-20-2)14-6-3-13(4-7-14)5-8-15(17)18/h3-8H,9-12H2,1-2H3,(H,17,18). The monoisotopic (exact) mass is 279 g/mol. The zero-order valence-corrected chi connectivity index (χ0v) is 11.9. The first kappa shape index (κ1) is 16.2. The number of anilines is 1. The van der Waals surface area contributed by atoms with Gasteiger partial charge in [0.1, 0.15) is 0 Å². The van der Waals surface area contributed by atoms with Crippen LogP contribution in [0.2, 0.25) is 0 Å². The van der Waals surface area contributed by atoms with Crippen LogP contribution in [-0.4, -0.2) is 51.6 Å². The summed E-state index contributed by atoms with van der Waals surface area (Å²) in [6.07, 6.45) is 2.70. The van der Waals surface area contributed by atoms with E-state index in [-0.39, 0.29) is 0 Å². The summed E-state index contributed by atoms with van der Waals surface area (Å²) in [5.74, 6) is -0.948. The van der Waals surface area contributed by atoms with E-state index in [2.05, 4.69) is 4.90 Å². The molecule has 0 aliphatic carbocycles. The van der Waals surface area contributed by atoms with E-state index in [9.17, 15) is 4.79 Å². The quantitative estimate of drug-likeness (QED) is 0.699. The largest absolute Gasteiger partial charge is 0.478 e. The highest BCUT2D eigenvalue weighted by molar-refractivity contribution is 5.85. The van der Waals surface area contributed by atoms with Crippen LogP contribution >= 0.6 is 0 Å². The first-order valence-corrected chi connectivity index (χ1v) is 6.41. The Kier molecular flexibility index (Phi) is 7.39. The normalized spacial score (nSPS) is 10.9. The number of carbonyl (C=O) groups is 1. The van der Waals surface area contributed by atoms with E-state index in [0.717, 1.165) is 30.4 Å². The molecule has 20 heavy (non-hydrogen) atoms. The molecule has 0 saturated carbocycles. The average molecular weight is 279 g/mol. The number of hydrogen-bond acceptors (Lipinski definition) is 4. The van der Waals surface area contributed by atoms with Gasteiger partial charge >= 0.3 is 5.97 Å². The molecular weight excluding hydrogens is 258 g/mol. The number of nitrogens with zero attached hydrogens (tertiary/aromatic N) is 1. The van der Waals surface area contributed by atoms with Gasteiger partial charge in [0.15, 0.2) is 0 Å². The number of rotatable bonds is 9. The third-order valence-corrected chi connectivity index (χ3v) is 2.81. The summed E-state index contributed by atoms with van der Waals surface area (Å²) in [4.78, 5) is 12.6. The molecule has 0 fully saturated rings. The van der Waals surface area contributed by atoms with E-state index in [1.54, 1.807) is 20.3 Å². The smallest absolute Gasteiger partial charge is 0.328 e. The fourth-order valence-electron chi connectivity index (χ4n) is 1.74. The molecule has 0 aliphatic rings. The number of methoxy groups -OCH3 is 2. The Bertz CT molecular complexity index is 420. The van der Waals surface area contributed by atoms with Crippen molar-refractivity contribution in [2.24, 2.45) is 0 Å². The minimum atomic E-state index is -0.948. The Labute approximate surface area is 119 Å². The van der Waals surface area contributed by atoms with Gasteiger partial charge in [0, 0.05) is 39.1 Å². The molecule has 1 N–H and O–H groups in total. The van der Waals surface area contributed by atoms with Crippen molar-refractivity contribution < 1.29 is 19.4 Å². The van der Waals surface area contributed by atoms with Crippen molar-refractivity contribution in [1.29, 1.82) is 0 Å². The molecule has 0 amide bonds. The molecule has 0 heterocycles. The highest BCUT2D eigenvalue weighted by Gasteiger charge is 2.05. The van der Waals surface area contributed by atoms with Crippen LogP contribution in [0.1, 0.15) is 5.56 Å². The summed E-state index contributed by atoms with van der Waals surface area (Å²) < 4.78 is 10.2. The fourth-order valence-corrected chi connectivity index (χ4v) is 1.74. The number of carboxylic acid groups (broad SMARTS) is 1. The van der Waals surface area contributed by atoms with Gasteiger partial charge in [0.05, 0.1) is 13.2 Å². The van der Waals surface area contributed by atoms with Crippen LogP contribution in [0.15, 0.2) is 30.3 Å². The zero-order chi connectivity index (χ0) is 14.8.